The van der Waals surface area contributed by atoms with Crippen molar-refractivity contribution in [3.05, 3.63) is 100 Å². The van der Waals surface area contributed by atoms with Crippen LogP contribution in [0.5, 0.6) is 0 Å². The van der Waals surface area contributed by atoms with Gasteiger partial charge < -0.3 is 4.90 Å². The second-order valence-electron chi connectivity index (χ2n) is 8.93. The van der Waals surface area contributed by atoms with Gasteiger partial charge in [0.2, 0.25) is 5.91 Å². The Kier molecular flexibility index (Phi) is 6.19. The molecule has 0 aromatic heterocycles. The molecule has 0 radical (unpaired) electrons. The zero-order valence-corrected chi connectivity index (χ0v) is 19.9. The van der Waals surface area contributed by atoms with Crippen LogP contribution in [0.3, 0.4) is 0 Å². The van der Waals surface area contributed by atoms with E-state index in [0.29, 0.717) is 0 Å². The first kappa shape index (κ1) is 22.5. The molecule has 1 aliphatic heterocycles. The minimum Gasteiger partial charge on any atom is -0.301 e. The standard InChI is InChI=1S/C29H30N2O2/c1-19-11-13-25(16-21(19)3)30-18-27(32)31(26-14-12-20(2)22(4)17-26)28(29(30)33)23(5)15-24-9-7-6-8-10-24/h6-17,28H,18H2,1-5H3. The van der Waals surface area contributed by atoms with Crippen molar-refractivity contribution in [1.29, 1.82) is 0 Å². The Hall–Kier alpha value is -3.66. The number of hydrogen-bond acceptors (Lipinski definition) is 2. The Morgan fingerprint density at radius 1 is 0.788 bits per heavy atom. The lowest BCUT2D eigenvalue weighted by Gasteiger charge is -2.41. The average Bonchev–Trinajstić information content (AvgIpc) is 2.79. The summed E-state index contributed by atoms with van der Waals surface area (Å²) >= 11 is 0. The van der Waals surface area contributed by atoms with Crippen LogP contribution in [0.25, 0.3) is 6.08 Å². The highest BCUT2D eigenvalue weighted by Crippen LogP contribution is 2.31. The van der Waals surface area contributed by atoms with E-state index in [1.807, 2.05) is 107 Å². The van der Waals surface area contributed by atoms with E-state index in [-0.39, 0.29) is 18.4 Å². The third-order valence-electron chi connectivity index (χ3n) is 6.52. The van der Waals surface area contributed by atoms with Crippen LogP contribution in [0.4, 0.5) is 11.4 Å². The molecule has 1 unspecified atom stereocenters. The summed E-state index contributed by atoms with van der Waals surface area (Å²) in [5, 5.41) is 0. The van der Waals surface area contributed by atoms with Crippen LogP contribution in [0.1, 0.15) is 34.7 Å². The topological polar surface area (TPSA) is 40.6 Å². The minimum atomic E-state index is -0.713. The zero-order chi connectivity index (χ0) is 23.7. The summed E-state index contributed by atoms with van der Waals surface area (Å²) < 4.78 is 0. The fourth-order valence-corrected chi connectivity index (χ4v) is 4.26. The molecule has 33 heavy (non-hydrogen) atoms. The summed E-state index contributed by atoms with van der Waals surface area (Å²) in [6.45, 7) is 10.1. The van der Waals surface area contributed by atoms with Crippen LogP contribution >= 0.6 is 0 Å². The molecule has 1 heterocycles. The van der Waals surface area contributed by atoms with Crippen molar-refractivity contribution in [3.8, 4) is 0 Å². The summed E-state index contributed by atoms with van der Waals surface area (Å²) in [5.41, 5.74) is 7.83. The van der Waals surface area contributed by atoms with Crippen LogP contribution in [-0.4, -0.2) is 24.4 Å². The molecule has 0 N–H and O–H groups in total. The van der Waals surface area contributed by atoms with Crippen LogP contribution < -0.4 is 9.80 Å². The van der Waals surface area contributed by atoms with Crippen LogP contribution in [-0.2, 0) is 9.59 Å². The number of amides is 2. The molecule has 168 valence electrons. The molecule has 3 aromatic carbocycles. The van der Waals surface area contributed by atoms with Gasteiger partial charge in [0.1, 0.15) is 12.6 Å². The number of carbonyl (C=O) groups excluding carboxylic acids is 2. The smallest absolute Gasteiger partial charge is 0.254 e. The molecular weight excluding hydrogens is 408 g/mol. The number of benzene rings is 3. The van der Waals surface area contributed by atoms with E-state index in [2.05, 4.69) is 0 Å². The van der Waals surface area contributed by atoms with Crippen molar-refractivity contribution in [2.75, 3.05) is 16.3 Å². The van der Waals surface area contributed by atoms with Gasteiger partial charge in [-0.3, -0.25) is 14.5 Å². The fourth-order valence-electron chi connectivity index (χ4n) is 4.26. The Labute approximate surface area is 196 Å². The lowest BCUT2D eigenvalue weighted by Crippen LogP contribution is -2.61. The van der Waals surface area contributed by atoms with Crippen molar-refractivity contribution in [3.63, 3.8) is 0 Å². The number of rotatable bonds is 4. The predicted octanol–water partition coefficient (Wildman–Crippen LogP) is 5.77. The van der Waals surface area contributed by atoms with E-state index >= 15 is 0 Å². The van der Waals surface area contributed by atoms with Gasteiger partial charge in [0.25, 0.3) is 5.91 Å². The molecule has 0 spiro atoms. The SMILES string of the molecule is CC(=Cc1ccccc1)C1C(=O)N(c2ccc(C)c(C)c2)CC(=O)N1c1ccc(C)c(C)c1. The molecule has 4 heteroatoms. The highest BCUT2D eigenvalue weighted by Gasteiger charge is 2.41. The van der Waals surface area contributed by atoms with Gasteiger partial charge in [0, 0.05) is 11.4 Å². The maximum absolute atomic E-state index is 13.9. The van der Waals surface area contributed by atoms with Gasteiger partial charge in [0.05, 0.1) is 0 Å². The molecule has 0 aliphatic carbocycles. The van der Waals surface area contributed by atoms with E-state index < -0.39 is 6.04 Å². The van der Waals surface area contributed by atoms with Gasteiger partial charge >= 0.3 is 0 Å². The number of aryl methyl sites for hydroxylation is 4. The average molecular weight is 439 g/mol. The van der Waals surface area contributed by atoms with E-state index in [0.717, 1.165) is 44.8 Å². The molecule has 0 saturated carbocycles. The Bertz CT molecular complexity index is 1240. The fraction of sp³-hybridized carbons (Fsp3) is 0.241. The Balaban J connectivity index is 1.82. The Morgan fingerprint density at radius 3 is 1.97 bits per heavy atom. The second-order valence-corrected chi connectivity index (χ2v) is 8.93. The summed E-state index contributed by atoms with van der Waals surface area (Å²) in [4.78, 5) is 30.8. The zero-order valence-electron chi connectivity index (χ0n) is 19.9. The largest absolute Gasteiger partial charge is 0.301 e. The van der Waals surface area contributed by atoms with Crippen molar-refractivity contribution < 1.29 is 9.59 Å². The predicted molar refractivity (Wildman–Crippen MR) is 136 cm³/mol. The van der Waals surface area contributed by atoms with Crippen molar-refractivity contribution in [2.45, 2.75) is 40.7 Å². The van der Waals surface area contributed by atoms with Gasteiger partial charge in [-0.05, 0) is 92.3 Å². The molecule has 4 nitrogen and oxygen atoms in total. The summed E-state index contributed by atoms with van der Waals surface area (Å²) in [5.74, 6) is -0.192. The van der Waals surface area contributed by atoms with Gasteiger partial charge in [-0.2, -0.15) is 0 Å². The van der Waals surface area contributed by atoms with E-state index in [4.69, 9.17) is 0 Å². The van der Waals surface area contributed by atoms with E-state index in [1.165, 1.54) is 0 Å². The lowest BCUT2D eigenvalue weighted by atomic mass is 9.97. The van der Waals surface area contributed by atoms with Gasteiger partial charge in [0.15, 0.2) is 0 Å². The molecule has 3 aromatic rings. The normalized spacial score (nSPS) is 17.0. The highest BCUT2D eigenvalue weighted by atomic mass is 16.2. The molecule has 0 bridgehead atoms. The van der Waals surface area contributed by atoms with Crippen LogP contribution in [0.2, 0.25) is 0 Å². The quantitative estimate of drug-likeness (QED) is 0.519. The molecule has 2 amide bonds. The summed E-state index contributed by atoms with van der Waals surface area (Å²) in [6, 6.07) is 21.0. The van der Waals surface area contributed by atoms with Crippen molar-refractivity contribution in [2.24, 2.45) is 0 Å². The van der Waals surface area contributed by atoms with E-state index in [1.54, 1.807) is 9.80 Å². The third kappa shape index (κ3) is 4.47. The van der Waals surface area contributed by atoms with Crippen molar-refractivity contribution >= 4 is 29.3 Å². The van der Waals surface area contributed by atoms with E-state index in [9.17, 15) is 9.59 Å². The van der Waals surface area contributed by atoms with Crippen LogP contribution in [0.15, 0.2) is 72.3 Å². The Morgan fingerprint density at radius 2 is 1.36 bits per heavy atom. The second kappa shape index (κ2) is 9.07. The van der Waals surface area contributed by atoms with Crippen LogP contribution in [0, 0.1) is 27.7 Å². The van der Waals surface area contributed by atoms with Gasteiger partial charge in [-0.15, -0.1) is 0 Å². The summed E-state index contributed by atoms with van der Waals surface area (Å²) in [7, 11) is 0. The first-order valence-electron chi connectivity index (χ1n) is 11.3. The number of nitrogens with zero attached hydrogens (tertiary/aromatic N) is 2. The molecule has 1 fully saturated rings. The first-order valence-corrected chi connectivity index (χ1v) is 11.3. The molecule has 4 rings (SSSR count). The molecular formula is C29H30N2O2. The number of anilines is 2. The monoisotopic (exact) mass is 438 g/mol. The third-order valence-corrected chi connectivity index (χ3v) is 6.52. The molecule has 1 aliphatic rings. The van der Waals surface area contributed by atoms with Gasteiger partial charge in [-0.25, -0.2) is 0 Å². The van der Waals surface area contributed by atoms with Crippen molar-refractivity contribution in [1.82, 2.24) is 0 Å². The highest BCUT2D eigenvalue weighted by molar-refractivity contribution is 6.16. The number of carbonyl (C=O) groups is 2. The maximum atomic E-state index is 13.9. The molecule has 1 atom stereocenters. The first-order chi connectivity index (χ1) is 15.8. The van der Waals surface area contributed by atoms with Gasteiger partial charge in [-0.1, -0.05) is 48.5 Å². The maximum Gasteiger partial charge on any atom is 0.254 e. The number of hydrogen-bond donors (Lipinski definition) is 0. The minimum absolute atomic E-state index is 0.0172. The number of piperazine rings is 1. The summed E-state index contributed by atoms with van der Waals surface area (Å²) in [6.07, 6.45) is 1.99. The molecule has 1 saturated heterocycles. The lowest BCUT2D eigenvalue weighted by molar-refractivity contribution is -0.127.